The first-order valence-corrected chi connectivity index (χ1v) is 5.22. The fraction of sp³-hybridized carbons (Fsp3) is 0.333. The smallest absolute Gasteiger partial charge is 0.255 e. The molecular weight excluding hydrogens is 206 g/mol. The first kappa shape index (κ1) is 10.8. The molecule has 4 heteroatoms. The number of carbonyl (C=O) groups excluding carboxylic acids is 1. The molecule has 1 atom stereocenters. The normalized spacial score (nSPS) is 18.4. The van der Waals surface area contributed by atoms with Crippen molar-refractivity contribution in [3.63, 3.8) is 0 Å². The van der Waals surface area contributed by atoms with E-state index in [1.807, 2.05) is 13.0 Å². The second kappa shape index (κ2) is 4.45. The lowest BCUT2D eigenvalue weighted by molar-refractivity contribution is -0.121. The van der Waals surface area contributed by atoms with Gasteiger partial charge < -0.3 is 9.84 Å². The van der Waals surface area contributed by atoms with Crippen molar-refractivity contribution in [1.82, 2.24) is 0 Å². The first-order chi connectivity index (χ1) is 7.74. The molecule has 0 aromatic heterocycles. The van der Waals surface area contributed by atoms with E-state index in [0.29, 0.717) is 12.0 Å². The van der Waals surface area contributed by atoms with Gasteiger partial charge in [-0.15, -0.1) is 0 Å². The van der Waals surface area contributed by atoms with Crippen LogP contribution < -0.4 is 15.3 Å². The van der Waals surface area contributed by atoms with Gasteiger partial charge in [-0.1, -0.05) is 6.08 Å². The average Bonchev–Trinajstić information content (AvgIpc) is 2.29. The third-order valence-corrected chi connectivity index (χ3v) is 2.44. The van der Waals surface area contributed by atoms with Crippen molar-refractivity contribution in [2.45, 2.75) is 6.92 Å². The highest BCUT2D eigenvalue weighted by atomic mass is 16.5. The maximum atomic E-state index is 11.4. The number of ether oxygens (including phenoxy) is 1. The summed E-state index contributed by atoms with van der Waals surface area (Å²) in [6, 6.07) is 5.37. The van der Waals surface area contributed by atoms with Crippen LogP contribution >= 0.6 is 0 Å². The van der Waals surface area contributed by atoms with Gasteiger partial charge in [0.15, 0.2) is 0 Å². The standard InChI is InChI=1S/C12H13NO3/c1-2-16-10-3-4-11-8(6-10)5-9(7-14)12(15)13-11/h3-6,9,14H,2,7H2,1H3. The maximum absolute atomic E-state index is 11.4. The molecule has 0 bridgehead atoms. The van der Waals surface area contributed by atoms with Gasteiger partial charge in [0.25, 0.3) is 5.91 Å². The second-order valence-corrected chi connectivity index (χ2v) is 3.56. The van der Waals surface area contributed by atoms with Crippen LogP contribution in [0.4, 0.5) is 0 Å². The van der Waals surface area contributed by atoms with E-state index in [1.165, 1.54) is 0 Å². The van der Waals surface area contributed by atoms with E-state index in [1.54, 1.807) is 18.2 Å². The summed E-state index contributed by atoms with van der Waals surface area (Å²) in [7, 11) is 0. The minimum absolute atomic E-state index is 0.208. The largest absolute Gasteiger partial charge is 0.494 e. The molecule has 1 heterocycles. The number of nitrogens with zero attached hydrogens (tertiary/aromatic N) is 1. The summed E-state index contributed by atoms with van der Waals surface area (Å²) in [5, 5.41) is 10.5. The predicted octanol–water partition coefficient (Wildman–Crippen LogP) is -0.366. The van der Waals surface area contributed by atoms with E-state index in [0.717, 1.165) is 11.0 Å². The third kappa shape index (κ3) is 1.97. The summed E-state index contributed by atoms with van der Waals surface area (Å²) in [5.41, 5.74) is 0. The lowest BCUT2D eigenvalue weighted by Gasteiger charge is -2.09. The van der Waals surface area contributed by atoms with Crippen LogP contribution in [0.5, 0.6) is 5.75 Å². The quantitative estimate of drug-likeness (QED) is 0.755. The van der Waals surface area contributed by atoms with E-state index in [-0.39, 0.29) is 12.5 Å². The van der Waals surface area contributed by atoms with Crippen molar-refractivity contribution in [2.75, 3.05) is 13.2 Å². The van der Waals surface area contributed by atoms with E-state index in [9.17, 15) is 4.79 Å². The van der Waals surface area contributed by atoms with Gasteiger partial charge in [0.1, 0.15) is 5.75 Å². The van der Waals surface area contributed by atoms with Gasteiger partial charge in [0.05, 0.1) is 24.5 Å². The van der Waals surface area contributed by atoms with Crippen LogP contribution in [0.3, 0.4) is 0 Å². The van der Waals surface area contributed by atoms with Gasteiger partial charge in [-0.25, -0.2) is 4.99 Å². The zero-order valence-corrected chi connectivity index (χ0v) is 9.01. The number of rotatable bonds is 3. The van der Waals surface area contributed by atoms with Crippen molar-refractivity contribution in [3.05, 3.63) is 28.8 Å². The molecule has 1 aliphatic rings. The molecule has 0 radical (unpaired) electrons. The summed E-state index contributed by atoms with van der Waals surface area (Å²) in [5.74, 6) is -0.0673. The van der Waals surface area contributed by atoms with E-state index < -0.39 is 5.92 Å². The molecule has 1 unspecified atom stereocenters. The highest BCUT2D eigenvalue weighted by Gasteiger charge is 2.16. The molecule has 1 aliphatic heterocycles. The summed E-state index contributed by atoms with van der Waals surface area (Å²) in [4.78, 5) is 15.3. The summed E-state index contributed by atoms with van der Waals surface area (Å²) < 4.78 is 5.36. The minimum Gasteiger partial charge on any atom is -0.494 e. The van der Waals surface area contributed by atoms with Crippen LogP contribution in [-0.2, 0) is 4.79 Å². The summed E-state index contributed by atoms with van der Waals surface area (Å²) in [6.07, 6.45) is 1.73. The van der Waals surface area contributed by atoms with Crippen molar-refractivity contribution in [3.8, 4) is 5.75 Å². The SMILES string of the molecule is CCOc1ccc2c(c1)=CC(CO)C(=O)N=2. The van der Waals surface area contributed by atoms with Crippen LogP contribution in [0.1, 0.15) is 6.92 Å². The molecule has 0 spiro atoms. The minimum atomic E-state index is -0.524. The Morgan fingerprint density at radius 1 is 1.50 bits per heavy atom. The molecule has 0 saturated carbocycles. The Hall–Kier alpha value is -1.68. The number of hydrogen-bond acceptors (Lipinski definition) is 3. The summed E-state index contributed by atoms with van der Waals surface area (Å²) in [6.45, 7) is 2.30. The molecule has 2 rings (SSSR count). The third-order valence-electron chi connectivity index (χ3n) is 2.44. The van der Waals surface area contributed by atoms with Gasteiger partial charge in [0, 0.05) is 5.22 Å². The molecule has 0 saturated heterocycles. The van der Waals surface area contributed by atoms with Gasteiger partial charge >= 0.3 is 0 Å². The van der Waals surface area contributed by atoms with Crippen molar-refractivity contribution >= 4 is 12.0 Å². The topological polar surface area (TPSA) is 58.9 Å². The van der Waals surface area contributed by atoms with E-state index in [4.69, 9.17) is 9.84 Å². The van der Waals surface area contributed by atoms with Crippen molar-refractivity contribution in [2.24, 2.45) is 10.9 Å². The van der Waals surface area contributed by atoms with Crippen LogP contribution in [0, 0.1) is 5.92 Å². The molecule has 0 aliphatic carbocycles. The van der Waals surface area contributed by atoms with Crippen molar-refractivity contribution in [1.29, 1.82) is 0 Å². The molecule has 16 heavy (non-hydrogen) atoms. The van der Waals surface area contributed by atoms with Gasteiger partial charge in [-0.05, 0) is 25.1 Å². The molecule has 0 fully saturated rings. The Bertz CT molecular complexity index is 522. The Morgan fingerprint density at radius 3 is 3.00 bits per heavy atom. The van der Waals surface area contributed by atoms with Gasteiger partial charge in [-0.3, -0.25) is 4.79 Å². The first-order valence-electron chi connectivity index (χ1n) is 5.22. The molecule has 1 N–H and O–H groups in total. The van der Waals surface area contributed by atoms with Crippen molar-refractivity contribution < 1.29 is 14.6 Å². The molecule has 1 aromatic carbocycles. The summed E-state index contributed by atoms with van der Waals surface area (Å²) >= 11 is 0. The number of fused-ring (bicyclic) bond motifs is 1. The second-order valence-electron chi connectivity index (χ2n) is 3.56. The number of benzene rings is 1. The number of hydrogen-bond donors (Lipinski definition) is 1. The Morgan fingerprint density at radius 2 is 2.31 bits per heavy atom. The Labute approximate surface area is 92.9 Å². The Kier molecular flexibility index (Phi) is 3.01. The van der Waals surface area contributed by atoms with Gasteiger partial charge in [-0.2, -0.15) is 0 Å². The number of aliphatic hydroxyl groups is 1. The monoisotopic (exact) mass is 219 g/mol. The number of aliphatic hydroxyl groups excluding tert-OH is 1. The zero-order valence-electron chi connectivity index (χ0n) is 9.01. The van der Waals surface area contributed by atoms with E-state index >= 15 is 0 Å². The fourth-order valence-corrected chi connectivity index (χ4v) is 1.64. The number of amides is 1. The number of carbonyl (C=O) groups is 1. The lowest BCUT2D eigenvalue weighted by atomic mass is 10.1. The van der Waals surface area contributed by atoms with E-state index in [2.05, 4.69) is 4.99 Å². The predicted molar refractivity (Wildman–Crippen MR) is 58.4 cm³/mol. The highest BCUT2D eigenvalue weighted by Crippen LogP contribution is 2.07. The fourth-order valence-electron chi connectivity index (χ4n) is 1.64. The molecule has 1 aromatic rings. The van der Waals surface area contributed by atoms with Gasteiger partial charge in [0.2, 0.25) is 0 Å². The van der Waals surface area contributed by atoms with Crippen LogP contribution in [0.25, 0.3) is 6.08 Å². The zero-order chi connectivity index (χ0) is 11.5. The molecule has 4 nitrogen and oxygen atoms in total. The molecular formula is C12H13NO3. The van der Waals surface area contributed by atoms with Crippen LogP contribution in [0.15, 0.2) is 23.2 Å². The van der Waals surface area contributed by atoms with Crippen LogP contribution in [0.2, 0.25) is 0 Å². The molecule has 1 amide bonds. The Balaban J connectivity index is 2.50. The molecule has 84 valence electrons. The average molecular weight is 219 g/mol. The van der Waals surface area contributed by atoms with Crippen LogP contribution in [-0.4, -0.2) is 24.2 Å². The highest BCUT2D eigenvalue weighted by molar-refractivity contribution is 5.86. The lowest BCUT2D eigenvalue weighted by Crippen LogP contribution is -2.34. The maximum Gasteiger partial charge on any atom is 0.255 e.